The van der Waals surface area contributed by atoms with Gasteiger partial charge < -0.3 is 16.0 Å². The van der Waals surface area contributed by atoms with Crippen LogP contribution in [0.25, 0.3) is 0 Å². The van der Waals surface area contributed by atoms with Gasteiger partial charge in [0.15, 0.2) is 0 Å². The molecule has 0 radical (unpaired) electrons. The van der Waals surface area contributed by atoms with Crippen molar-refractivity contribution in [1.29, 1.82) is 0 Å². The van der Waals surface area contributed by atoms with Crippen molar-refractivity contribution >= 4 is 52.4 Å². The molecule has 0 saturated carbocycles. The predicted molar refractivity (Wildman–Crippen MR) is 108 cm³/mol. The van der Waals surface area contributed by atoms with Gasteiger partial charge in [-0.1, -0.05) is 46.9 Å². The lowest BCUT2D eigenvalue weighted by molar-refractivity contribution is -0.113. The second-order valence-corrected chi connectivity index (χ2v) is 7.37. The van der Waals surface area contributed by atoms with Crippen LogP contribution in [0.5, 0.6) is 0 Å². The van der Waals surface area contributed by atoms with Crippen LogP contribution in [-0.4, -0.2) is 11.9 Å². The van der Waals surface area contributed by atoms with Crippen molar-refractivity contribution in [3.63, 3.8) is 0 Å². The molecule has 8 heteroatoms. The second kappa shape index (κ2) is 7.80. The van der Waals surface area contributed by atoms with Gasteiger partial charge in [-0.05, 0) is 43.7 Å². The molecule has 3 amide bonds. The Labute approximate surface area is 171 Å². The van der Waals surface area contributed by atoms with Gasteiger partial charge in [-0.15, -0.1) is 0 Å². The molecule has 0 aliphatic carbocycles. The summed E-state index contributed by atoms with van der Waals surface area (Å²) in [7, 11) is 0. The van der Waals surface area contributed by atoms with Crippen LogP contribution >= 0.6 is 34.8 Å². The van der Waals surface area contributed by atoms with Crippen LogP contribution in [0, 0.1) is 6.92 Å². The maximum atomic E-state index is 13.1. The summed E-state index contributed by atoms with van der Waals surface area (Å²) in [5.41, 5.74) is 2.61. The minimum absolute atomic E-state index is 0.309. The van der Waals surface area contributed by atoms with Crippen LogP contribution in [0.3, 0.4) is 0 Å². The number of nitrogens with one attached hydrogen (secondary N) is 3. The second-order valence-electron chi connectivity index (χ2n) is 6.12. The van der Waals surface area contributed by atoms with E-state index in [1.54, 1.807) is 37.3 Å². The number of halogens is 3. The molecule has 3 rings (SSSR count). The minimum atomic E-state index is -0.792. The fourth-order valence-corrected chi connectivity index (χ4v) is 3.70. The number of amides is 3. The number of aryl methyl sites for hydroxylation is 1. The zero-order valence-electron chi connectivity index (χ0n) is 14.5. The Kier molecular flexibility index (Phi) is 5.65. The average Bonchev–Trinajstić information content (AvgIpc) is 2.57. The minimum Gasteiger partial charge on any atom is -0.327 e. The third kappa shape index (κ3) is 4.05. The number of carbonyl (C=O) groups is 2. The molecule has 1 aliphatic heterocycles. The van der Waals surface area contributed by atoms with E-state index in [2.05, 4.69) is 16.0 Å². The third-order valence-corrected chi connectivity index (χ3v) is 5.14. The molecule has 0 saturated heterocycles. The summed E-state index contributed by atoms with van der Waals surface area (Å²) < 4.78 is 0. The smallest absolute Gasteiger partial charge is 0.319 e. The quantitative estimate of drug-likeness (QED) is 0.632. The normalized spacial score (nSPS) is 16.6. The van der Waals surface area contributed by atoms with Gasteiger partial charge in [0.05, 0.1) is 11.6 Å². The first-order chi connectivity index (χ1) is 12.8. The molecule has 0 fully saturated rings. The predicted octanol–water partition coefficient (Wildman–Crippen LogP) is 5.22. The summed E-state index contributed by atoms with van der Waals surface area (Å²) in [6.45, 7) is 3.51. The Bertz CT molecular complexity index is 952. The van der Waals surface area contributed by atoms with Crippen LogP contribution in [0.1, 0.15) is 24.1 Å². The van der Waals surface area contributed by atoms with Gasteiger partial charge in [0.2, 0.25) is 0 Å². The van der Waals surface area contributed by atoms with Gasteiger partial charge in [-0.2, -0.15) is 0 Å². The molecule has 1 aliphatic rings. The van der Waals surface area contributed by atoms with Gasteiger partial charge in [-0.3, -0.25) is 4.79 Å². The van der Waals surface area contributed by atoms with Gasteiger partial charge in [0, 0.05) is 32.0 Å². The van der Waals surface area contributed by atoms with E-state index in [-0.39, 0.29) is 0 Å². The summed E-state index contributed by atoms with van der Waals surface area (Å²) in [6.07, 6.45) is 0. The Hall–Kier alpha value is -2.21. The molecule has 0 aromatic heterocycles. The number of hydrogen-bond acceptors (Lipinski definition) is 2. The van der Waals surface area contributed by atoms with Crippen LogP contribution in [0.15, 0.2) is 47.7 Å². The lowest BCUT2D eigenvalue weighted by atomic mass is 9.94. The maximum Gasteiger partial charge on any atom is 0.319 e. The number of carbonyl (C=O) groups excluding carboxylic acids is 2. The van der Waals surface area contributed by atoms with Gasteiger partial charge in [0.25, 0.3) is 5.91 Å². The molecule has 3 N–H and O–H groups in total. The first-order valence-corrected chi connectivity index (χ1v) is 9.21. The Morgan fingerprint density at radius 1 is 1.07 bits per heavy atom. The van der Waals surface area contributed by atoms with Crippen molar-refractivity contribution < 1.29 is 9.59 Å². The standard InChI is InChI=1S/C19H16Cl3N3O2/c1-9-6-7-11(20)8-14(9)24-18(26)15-10(2)23-19(27)25-17(15)16-12(21)4-3-5-13(16)22/h3-8,17H,1-2H3,(H,24,26)(H2,23,25,27)/t17-/m1/s1. The van der Waals surface area contributed by atoms with E-state index in [0.717, 1.165) is 5.56 Å². The summed E-state index contributed by atoms with van der Waals surface area (Å²) in [5, 5.41) is 9.40. The van der Waals surface area contributed by atoms with E-state index in [1.165, 1.54) is 0 Å². The summed E-state index contributed by atoms with van der Waals surface area (Å²) in [4.78, 5) is 25.1. The summed E-state index contributed by atoms with van der Waals surface area (Å²) >= 11 is 18.6. The number of allylic oxidation sites excluding steroid dienone is 1. The molecule has 0 spiro atoms. The zero-order valence-corrected chi connectivity index (χ0v) is 16.8. The molecule has 0 bridgehead atoms. The van der Waals surface area contributed by atoms with Crippen LogP contribution in [0.2, 0.25) is 15.1 Å². The highest BCUT2D eigenvalue weighted by molar-refractivity contribution is 6.36. The van der Waals surface area contributed by atoms with E-state index in [4.69, 9.17) is 34.8 Å². The third-order valence-electron chi connectivity index (χ3n) is 4.25. The lowest BCUT2D eigenvalue weighted by Crippen LogP contribution is -2.46. The van der Waals surface area contributed by atoms with Crippen LogP contribution < -0.4 is 16.0 Å². The van der Waals surface area contributed by atoms with Crippen molar-refractivity contribution in [1.82, 2.24) is 10.6 Å². The van der Waals surface area contributed by atoms with Crippen molar-refractivity contribution in [3.05, 3.63) is 73.9 Å². The highest BCUT2D eigenvalue weighted by Gasteiger charge is 2.33. The lowest BCUT2D eigenvalue weighted by Gasteiger charge is -2.30. The molecule has 2 aromatic rings. The Morgan fingerprint density at radius 2 is 1.74 bits per heavy atom. The first-order valence-electron chi connectivity index (χ1n) is 8.07. The maximum absolute atomic E-state index is 13.1. The SMILES string of the molecule is CC1=C(C(=O)Nc2cc(Cl)ccc2C)[C@H](c2c(Cl)cccc2Cl)NC(=O)N1. The van der Waals surface area contributed by atoms with E-state index in [9.17, 15) is 9.59 Å². The fraction of sp³-hybridized carbons (Fsp3) is 0.158. The molecular formula is C19H16Cl3N3O2. The highest BCUT2D eigenvalue weighted by Crippen LogP contribution is 2.37. The number of hydrogen-bond donors (Lipinski definition) is 3. The van der Waals surface area contributed by atoms with E-state index in [0.29, 0.717) is 37.6 Å². The molecule has 1 atom stereocenters. The molecular weight excluding hydrogens is 409 g/mol. The molecule has 0 unspecified atom stereocenters. The zero-order chi connectivity index (χ0) is 19.7. The van der Waals surface area contributed by atoms with Gasteiger partial charge in [0.1, 0.15) is 0 Å². The Morgan fingerprint density at radius 3 is 2.41 bits per heavy atom. The van der Waals surface area contributed by atoms with Crippen LogP contribution in [-0.2, 0) is 4.79 Å². The fourth-order valence-electron chi connectivity index (χ4n) is 2.92. The monoisotopic (exact) mass is 423 g/mol. The largest absolute Gasteiger partial charge is 0.327 e. The van der Waals surface area contributed by atoms with E-state index >= 15 is 0 Å². The molecule has 2 aromatic carbocycles. The molecule has 5 nitrogen and oxygen atoms in total. The molecule has 1 heterocycles. The first kappa shape index (κ1) is 19.5. The number of rotatable bonds is 3. The van der Waals surface area contributed by atoms with Crippen molar-refractivity contribution in [2.45, 2.75) is 19.9 Å². The van der Waals surface area contributed by atoms with Crippen LogP contribution in [0.4, 0.5) is 10.5 Å². The number of urea groups is 1. The molecule has 27 heavy (non-hydrogen) atoms. The van der Waals surface area contributed by atoms with Gasteiger partial charge >= 0.3 is 6.03 Å². The van der Waals surface area contributed by atoms with Crippen molar-refractivity contribution in [3.8, 4) is 0 Å². The Balaban J connectivity index is 2.04. The summed E-state index contributed by atoms with van der Waals surface area (Å²) in [6, 6.07) is 8.99. The van der Waals surface area contributed by atoms with Crippen molar-refractivity contribution in [2.75, 3.05) is 5.32 Å². The average molecular weight is 425 g/mol. The van der Waals surface area contributed by atoms with E-state index < -0.39 is 18.0 Å². The number of anilines is 1. The summed E-state index contributed by atoms with van der Waals surface area (Å²) in [5.74, 6) is -0.397. The molecule has 140 valence electrons. The highest BCUT2D eigenvalue weighted by atomic mass is 35.5. The van der Waals surface area contributed by atoms with E-state index in [1.807, 2.05) is 13.0 Å². The topological polar surface area (TPSA) is 70.2 Å². The van der Waals surface area contributed by atoms with Gasteiger partial charge in [-0.25, -0.2) is 4.79 Å². The number of benzene rings is 2. The van der Waals surface area contributed by atoms with Crippen molar-refractivity contribution in [2.24, 2.45) is 0 Å².